The molecule has 0 aliphatic rings. The molecule has 0 atom stereocenters. The first kappa shape index (κ1) is 59.3. The molecule has 6 heterocycles. The molecule has 9 rings (SSSR count). The summed E-state index contributed by atoms with van der Waals surface area (Å²) in [5.41, 5.74) is 11.0. The summed E-state index contributed by atoms with van der Waals surface area (Å²) in [6.07, 6.45) is 27.8. The topological polar surface area (TPSA) is 77.3 Å². The lowest BCUT2D eigenvalue weighted by Crippen LogP contribution is -1.92. The average molecular weight is 1010 g/mol. The van der Waals surface area contributed by atoms with E-state index in [2.05, 4.69) is 196 Å². The zero-order valence-corrected chi connectivity index (χ0v) is 47.2. The third-order valence-corrected chi connectivity index (χ3v) is 11.9. The fourth-order valence-corrected chi connectivity index (χ4v) is 7.77. The maximum atomic E-state index is 4.48. The quantitative estimate of drug-likeness (QED) is 0.107. The van der Waals surface area contributed by atoms with Crippen molar-refractivity contribution in [3.8, 4) is 23.7 Å². The summed E-state index contributed by atoms with van der Waals surface area (Å²) in [5.74, 6) is 16.3. The highest BCUT2D eigenvalue weighted by molar-refractivity contribution is 5.81. The lowest BCUT2D eigenvalue weighted by atomic mass is 10.0. The van der Waals surface area contributed by atoms with Crippen molar-refractivity contribution < 1.29 is 0 Å². The second-order valence-electron chi connectivity index (χ2n) is 21.4. The van der Waals surface area contributed by atoms with Gasteiger partial charge in [-0.2, -0.15) is 0 Å². The summed E-state index contributed by atoms with van der Waals surface area (Å²) in [4.78, 5) is 25.9. The Kier molecular flexibility index (Phi) is 26.1. The van der Waals surface area contributed by atoms with Crippen molar-refractivity contribution >= 4 is 49.8 Å². The summed E-state index contributed by atoms with van der Waals surface area (Å²) in [6, 6.07) is 41.0. The van der Waals surface area contributed by atoms with Gasteiger partial charge < -0.3 is 0 Å². The number of aromatic nitrogens is 6. The minimum Gasteiger partial charge on any atom is -0.264 e. The zero-order chi connectivity index (χ0) is 54.3. The predicted molar refractivity (Wildman–Crippen MR) is 326 cm³/mol. The molecule has 6 aromatic heterocycles. The highest BCUT2D eigenvalue weighted by Crippen LogP contribution is 2.18. The smallest absolute Gasteiger partial charge is 0.0889 e. The monoisotopic (exact) mass is 1010 g/mol. The number of fused-ring (bicyclic) bond motifs is 4. The van der Waals surface area contributed by atoms with Gasteiger partial charge in [-0.3, -0.25) is 29.9 Å². The molecule has 0 aliphatic heterocycles. The average Bonchev–Trinajstić information content (AvgIpc) is 3.41. The van der Waals surface area contributed by atoms with Crippen LogP contribution in [0.15, 0.2) is 171 Å². The fraction of sp³-hybridized carbons (Fsp3) is 0.343. The van der Waals surface area contributed by atoms with Crippen molar-refractivity contribution in [2.24, 2.45) is 29.6 Å². The van der Waals surface area contributed by atoms with E-state index in [-0.39, 0.29) is 0 Å². The molecule has 0 unspecified atom stereocenters. The second kappa shape index (κ2) is 33.4. The van der Waals surface area contributed by atoms with Crippen LogP contribution in [0.3, 0.4) is 0 Å². The van der Waals surface area contributed by atoms with Gasteiger partial charge in [0.1, 0.15) is 0 Å². The normalized spacial score (nSPS) is 10.8. The first-order chi connectivity index (χ1) is 36.8. The van der Waals surface area contributed by atoms with Gasteiger partial charge in [0.2, 0.25) is 0 Å². The van der Waals surface area contributed by atoms with E-state index in [1.807, 2.05) is 97.8 Å². The van der Waals surface area contributed by atoms with Gasteiger partial charge >= 0.3 is 0 Å². The van der Waals surface area contributed by atoms with Gasteiger partial charge in [0.25, 0.3) is 0 Å². The highest BCUT2D eigenvalue weighted by atomic mass is 14.7. The summed E-state index contributed by atoms with van der Waals surface area (Å²) >= 11 is 0. The third kappa shape index (κ3) is 23.3. The Morgan fingerprint density at radius 3 is 1.51 bits per heavy atom. The van der Waals surface area contributed by atoms with Gasteiger partial charge in [-0.15, -0.1) is 0 Å². The third-order valence-electron chi connectivity index (χ3n) is 11.9. The SMILES string of the molecule is CC(C)C/C=C/c1cccnc1.CC(C)CC#Cc1ccc2ncccc2c1.CC(C)CC#Cc1cnc2ccccc2c1.CC(C)CCCc1cnc2ccccc2c1.CC(C)CCCc1cnc2cccnc2c1. The Morgan fingerprint density at radius 1 is 0.408 bits per heavy atom. The first-order valence-electron chi connectivity index (χ1n) is 27.6. The van der Waals surface area contributed by atoms with E-state index in [0.717, 1.165) is 99.3 Å². The van der Waals surface area contributed by atoms with Gasteiger partial charge in [0.15, 0.2) is 0 Å². The van der Waals surface area contributed by atoms with E-state index >= 15 is 0 Å². The molecule has 0 bridgehead atoms. The van der Waals surface area contributed by atoms with Gasteiger partial charge in [-0.25, -0.2) is 0 Å². The van der Waals surface area contributed by atoms with Crippen LogP contribution in [-0.4, -0.2) is 29.9 Å². The Morgan fingerprint density at radius 2 is 0.908 bits per heavy atom. The number of benzene rings is 3. The molecule has 392 valence electrons. The van der Waals surface area contributed by atoms with Crippen molar-refractivity contribution in [1.82, 2.24) is 29.9 Å². The van der Waals surface area contributed by atoms with Gasteiger partial charge in [-0.1, -0.05) is 166 Å². The molecule has 9 aromatic rings. The molecule has 3 aromatic carbocycles. The molecular weight excluding hydrogens is 925 g/mol. The van der Waals surface area contributed by atoms with Crippen molar-refractivity contribution in [1.29, 1.82) is 0 Å². The number of aryl methyl sites for hydroxylation is 2. The van der Waals surface area contributed by atoms with Crippen molar-refractivity contribution in [3.05, 3.63) is 199 Å². The minimum absolute atomic E-state index is 0.626. The molecule has 0 N–H and O–H groups in total. The van der Waals surface area contributed by atoms with Crippen LogP contribution >= 0.6 is 0 Å². The number of allylic oxidation sites excluding steroid dienone is 1. The zero-order valence-electron chi connectivity index (χ0n) is 47.2. The van der Waals surface area contributed by atoms with Crippen LogP contribution < -0.4 is 0 Å². The lowest BCUT2D eigenvalue weighted by molar-refractivity contribution is 0.555. The Hall–Kier alpha value is -7.54. The van der Waals surface area contributed by atoms with E-state index in [9.17, 15) is 0 Å². The summed E-state index contributed by atoms with van der Waals surface area (Å²) in [5, 5.41) is 3.56. The van der Waals surface area contributed by atoms with E-state index in [4.69, 9.17) is 0 Å². The maximum absolute atomic E-state index is 4.48. The number of pyridine rings is 6. The molecule has 0 aliphatic carbocycles. The van der Waals surface area contributed by atoms with Gasteiger partial charge in [-0.05, 0) is 151 Å². The second-order valence-corrected chi connectivity index (χ2v) is 21.4. The summed E-state index contributed by atoms with van der Waals surface area (Å²) in [6.45, 7) is 22.2. The Balaban J connectivity index is 0.000000176. The predicted octanol–water partition coefficient (Wildman–Crippen LogP) is 18.2. The van der Waals surface area contributed by atoms with Crippen LogP contribution in [0.2, 0.25) is 0 Å². The van der Waals surface area contributed by atoms with Crippen LogP contribution in [0.25, 0.3) is 49.8 Å². The summed E-state index contributed by atoms with van der Waals surface area (Å²) in [7, 11) is 0. The molecule has 0 radical (unpaired) electrons. The van der Waals surface area contributed by atoms with Crippen LogP contribution in [-0.2, 0) is 12.8 Å². The molecule has 76 heavy (non-hydrogen) atoms. The maximum Gasteiger partial charge on any atom is 0.0889 e. The number of rotatable bonds is 13. The van der Waals surface area contributed by atoms with Crippen LogP contribution in [0.4, 0.5) is 0 Å². The number of hydrogen-bond donors (Lipinski definition) is 0. The summed E-state index contributed by atoms with van der Waals surface area (Å²) < 4.78 is 0. The number of hydrogen-bond acceptors (Lipinski definition) is 6. The largest absolute Gasteiger partial charge is 0.264 e. The Bertz CT molecular complexity index is 3060. The molecule has 0 saturated heterocycles. The lowest BCUT2D eigenvalue weighted by Gasteiger charge is -2.05. The molecule has 6 nitrogen and oxygen atoms in total. The molecule has 6 heteroatoms. The minimum atomic E-state index is 0.626. The van der Waals surface area contributed by atoms with Crippen LogP contribution in [0.5, 0.6) is 0 Å². The molecule has 0 saturated carbocycles. The van der Waals surface area contributed by atoms with Gasteiger partial charge in [0.05, 0.1) is 27.6 Å². The van der Waals surface area contributed by atoms with E-state index in [1.54, 1.807) is 6.20 Å². The van der Waals surface area contributed by atoms with Crippen molar-refractivity contribution in [3.63, 3.8) is 0 Å². The first-order valence-corrected chi connectivity index (χ1v) is 27.6. The highest BCUT2D eigenvalue weighted by Gasteiger charge is 2.02. The number of nitrogens with zero attached hydrogens (tertiary/aromatic N) is 6. The molecular formula is C70H82N6. The molecule has 0 spiro atoms. The van der Waals surface area contributed by atoms with Crippen molar-refractivity contribution in [2.45, 2.75) is 127 Å². The van der Waals surface area contributed by atoms with Crippen LogP contribution in [0, 0.1) is 53.3 Å². The van der Waals surface area contributed by atoms with E-state index in [1.165, 1.54) is 47.8 Å². The molecule has 0 amide bonds. The van der Waals surface area contributed by atoms with Crippen molar-refractivity contribution in [2.75, 3.05) is 0 Å². The van der Waals surface area contributed by atoms with E-state index < -0.39 is 0 Å². The van der Waals surface area contributed by atoms with Gasteiger partial charge in [0, 0.05) is 83.5 Å². The van der Waals surface area contributed by atoms with E-state index in [0.29, 0.717) is 11.8 Å². The number of para-hydroxylation sites is 2. The molecule has 0 fully saturated rings. The van der Waals surface area contributed by atoms with Crippen LogP contribution in [0.1, 0.15) is 142 Å². The standard InChI is InChI=1S/C15H15N.C15H19N.C15H15N.C14H18N2.C11H15N/c1-12(2)5-3-6-13-8-9-15-14(11-13)7-4-10-16-15;2*1-12(2)6-5-7-13-10-14-8-3-4-9-15(14)16-11-13;1-11(2)5-3-6-12-9-14-13(16-10-12)7-4-8-15-14;1-10(2)5-3-6-11-7-4-8-12-9-11/h4,7-12H,5H2,1-2H3;3-4,8-12H,5-7H2,1-2H3;3-4,8-12H,6H2,1-2H3;4,7-11H,3,5-6H2,1-2H3;3-4,6-10H,5H2,1-2H3/b;;;;6-3+. The fourth-order valence-electron chi connectivity index (χ4n) is 7.77. The Labute approximate surface area is 456 Å².